The number of thioether (sulfide) groups is 1. The Morgan fingerprint density at radius 2 is 2.19 bits per heavy atom. The van der Waals surface area contributed by atoms with Gasteiger partial charge in [-0.3, -0.25) is 4.79 Å². The van der Waals surface area contributed by atoms with Gasteiger partial charge in [0.2, 0.25) is 0 Å². The highest BCUT2D eigenvalue weighted by Gasteiger charge is 2.11. The number of thiophene rings is 1. The maximum Gasteiger partial charge on any atom is 0.252 e. The number of aliphatic hydroxyl groups is 1. The molecule has 2 N–H and O–H groups in total. The van der Waals surface area contributed by atoms with Gasteiger partial charge < -0.3 is 10.4 Å². The lowest BCUT2D eigenvalue weighted by molar-refractivity contribution is 0.0948. The van der Waals surface area contributed by atoms with E-state index in [0.29, 0.717) is 12.1 Å². The van der Waals surface area contributed by atoms with E-state index in [9.17, 15) is 4.79 Å². The highest BCUT2D eigenvalue weighted by Crippen LogP contribution is 2.20. The molecule has 1 aromatic carbocycles. The summed E-state index contributed by atoms with van der Waals surface area (Å²) in [5, 5.41) is 13.6. The van der Waals surface area contributed by atoms with Gasteiger partial charge in [0.25, 0.3) is 5.91 Å². The number of carbonyl (C=O) groups is 1. The van der Waals surface area contributed by atoms with Crippen LogP contribution >= 0.6 is 23.1 Å². The average Bonchev–Trinajstić information content (AvgIpc) is 2.97. The van der Waals surface area contributed by atoms with Crippen LogP contribution in [0.1, 0.15) is 20.8 Å². The third-order valence-electron chi connectivity index (χ3n) is 2.81. The number of benzene rings is 1. The van der Waals surface area contributed by atoms with Crippen LogP contribution in [-0.2, 0) is 6.54 Å². The van der Waals surface area contributed by atoms with E-state index in [4.69, 9.17) is 5.11 Å². The quantitative estimate of drug-likeness (QED) is 0.673. The van der Waals surface area contributed by atoms with Crippen molar-refractivity contribution in [1.82, 2.24) is 5.32 Å². The van der Waals surface area contributed by atoms with Crippen molar-refractivity contribution in [2.45, 2.75) is 11.4 Å². The normalized spacial score (nSPS) is 9.81. The third-order valence-corrected chi connectivity index (χ3v) is 4.53. The van der Waals surface area contributed by atoms with Crippen molar-refractivity contribution in [3.63, 3.8) is 0 Å². The van der Waals surface area contributed by atoms with E-state index in [1.165, 1.54) is 0 Å². The highest BCUT2D eigenvalue weighted by atomic mass is 32.2. The molecule has 2 rings (SSSR count). The average molecular weight is 317 g/mol. The highest BCUT2D eigenvalue weighted by molar-refractivity contribution is 7.98. The fraction of sp³-hybridized carbons (Fsp3) is 0.188. The molecule has 0 aliphatic carbocycles. The summed E-state index contributed by atoms with van der Waals surface area (Å²) in [6.07, 6.45) is 1.95. The smallest absolute Gasteiger partial charge is 0.252 e. The number of amides is 1. The molecule has 0 saturated carbocycles. The van der Waals surface area contributed by atoms with Gasteiger partial charge in [-0.05, 0) is 29.8 Å². The van der Waals surface area contributed by atoms with E-state index in [1.807, 2.05) is 42.0 Å². The second-order valence-corrected chi connectivity index (χ2v) is 5.95. The van der Waals surface area contributed by atoms with Crippen LogP contribution in [0.4, 0.5) is 0 Å². The minimum atomic E-state index is -0.164. The Bertz CT molecular complexity index is 683. The van der Waals surface area contributed by atoms with Crippen LogP contribution in [0, 0.1) is 11.8 Å². The summed E-state index contributed by atoms with van der Waals surface area (Å²) in [6.45, 7) is 0.275. The van der Waals surface area contributed by atoms with Gasteiger partial charge in [-0.2, -0.15) is 0 Å². The molecule has 0 aliphatic heterocycles. The largest absolute Gasteiger partial charge is 0.384 e. The van der Waals surface area contributed by atoms with Crippen molar-refractivity contribution in [3.05, 3.63) is 51.7 Å². The van der Waals surface area contributed by atoms with Crippen molar-refractivity contribution >= 4 is 29.0 Å². The summed E-state index contributed by atoms with van der Waals surface area (Å²) in [5.41, 5.74) is 1.54. The van der Waals surface area contributed by atoms with Gasteiger partial charge in [0, 0.05) is 15.3 Å². The standard InChI is InChI=1S/C16H15NO2S2/c1-20-14-7-3-2-6-13(14)16(19)17-11-15-12(5-4-9-18)8-10-21-15/h2-3,6-8,10,18H,9,11H2,1H3,(H,17,19). The molecule has 0 bridgehead atoms. The lowest BCUT2D eigenvalue weighted by atomic mass is 10.2. The molecule has 1 aromatic heterocycles. The van der Waals surface area contributed by atoms with Crippen molar-refractivity contribution in [2.24, 2.45) is 0 Å². The molecule has 0 fully saturated rings. The first-order valence-electron chi connectivity index (χ1n) is 6.33. The van der Waals surface area contributed by atoms with Crippen LogP contribution in [0.15, 0.2) is 40.6 Å². The van der Waals surface area contributed by atoms with E-state index in [1.54, 1.807) is 23.1 Å². The van der Waals surface area contributed by atoms with Crippen LogP contribution < -0.4 is 5.32 Å². The maximum absolute atomic E-state index is 12.2. The van der Waals surface area contributed by atoms with Crippen molar-refractivity contribution in [2.75, 3.05) is 12.9 Å². The Balaban J connectivity index is 2.06. The molecule has 0 unspecified atom stereocenters. The van der Waals surface area contributed by atoms with E-state index in [-0.39, 0.29) is 12.5 Å². The SMILES string of the molecule is CSc1ccccc1C(=O)NCc1sccc1C#CCO. The molecule has 0 atom stereocenters. The van der Waals surface area contributed by atoms with Gasteiger partial charge in [-0.25, -0.2) is 0 Å². The molecule has 0 aliphatic rings. The van der Waals surface area contributed by atoms with Crippen molar-refractivity contribution < 1.29 is 9.90 Å². The van der Waals surface area contributed by atoms with Crippen LogP contribution in [-0.4, -0.2) is 23.9 Å². The molecule has 0 spiro atoms. The van der Waals surface area contributed by atoms with Gasteiger partial charge in [-0.1, -0.05) is 24.0 Å². The predicted molar refractivity (Wildman–Crippen MR) is 87.7 cm³/mol. The summed E-state index contributed by atoms with van der Waals surface area (Å²) < 4.78 is 0. The zero-order valence-electron chi connectivity index (χ0n) is 11.6. The van der Waals surface area contributed by atoms with Gasteiger partial charge in [0.15, 0.2) is 0 Å². The van der Waals surface area contributed by atoms with Gasteiger partial charge in [0.1, 0.15) is 6.61 Å². The summed E-state index contributed by atoms with van der Waals surface area (Å²) in [7, 11) is 0. The zero-order valence-corrected chi connectivity index (χ0v) is 13.2. The molecule has 0 saturated heterocycles. The summed E-state index contributed by atoms with van der Waals surface area (Å²) in [5.74, 6) is 5.42. The second kappa shape index (κ2) is 7.89. The van der Waals surface area contributed by atoms with Gasteiger partial charge in [0.05, 0.1) is 12.1 Å². The third kappa shape index (κ3) is 4.11. The van der Waals surface area contributed by atoms with Crippen LogP contribution in [0.25, 0.3) is 0 Å². The molecule has 1 amide bonds. The molecule has 5 heteroatoms. The lowest BCUT2D eigenvalue weighted by Crippen LogP contribution is -2.23. The van der Waals surface area contributed by atoms with Crippen LogP contribution in [0.3, 0.4) is 0 Å². The minimum Gasteiger partial charge on any atom is -0.384 e. The van der Waals surface area contributed by atoms with E-state index in [2.05, 4.69) is 17.2 Å². The fourth-order valence-electron chi connectivity index (χ4n) is 1.81. The molecular formula is C16H15NO2S2. The van der Waals surface area contributed by atoms with Gasteiger partial charge in [-0.15, -0.1) is 23.1 Å². The molecule has 1 heterocycles. The summed E-state index contributed by atoms with van der Waals surface area (Å²) in [6, 6.07) is 9.43. The lowest BCUT2D eigenvalue weighted by Gasteiger charge is -2.08. The van der Waals surface area contributed by atoms with Crippen molar-refractivity contribution in [3.8, 4) is 11.8 Å². The Labute approximate surface area is 132 Å². The first kappa shape index (κ1) is 15.6. The maximum atomic E-state index is 12.2. The molecule has 0 radical (unpaired) electrons. The van der Waals surface area contributed by atoms with Crippen LogP contribution in [0.5, 0.6) is 0 Å². The minimum absolute atomic E-state index is 0.0885. The van der Waals surface area contributed by atoms with E-state index >= 15 is 0 Å². The van der Waals surface area contributed by atoms with E-state index in [0.717, 1.165) is 15.3 Å². The molecule has 108 valence electrons. The topological polar surface area (TPSA) is 49.3 Å². The zero-order chi connectivity index (χ0) is 15.1. The Morgan fingerprint density at radius 3 is 2.95 bits per heavy atom. The first-order valence-corrected chi connectivity index (χ1v) is 8.44. The number of carbonyl (C=O) groups excluding carboxylic acids is 1. The number of rotatable bonds is 4. The van der Waals surface area contributed by atoms with Crippen LogP contribution in [0.2, 0.25) is 0 Å². The summed E-state index contributed by atoms with van der Waals surface area (Å²) in [4.78, 5) is 14.2. The van der Waals surface area contributed by atoms with E-state index < -0.39 is 0 Å². The molecule has 3 nitrogen and oxygen atoms in total. The molecular weight excluding hydrogens is 302 g/mol. The summed E-state index contributed by atoms with van der Waals surface area (Å²) >= 11 is 3.10. The Kier molecular flexibility index (Phi) is 5.88. The fourth-order valence-corrected chi connectivity index (χ4v) is 3.18. The monoisotopic (exact) mass is 317 g/mol. The molecule has 2 aromatic rings. The second-order valence-electron chi connectivity index (χ2n) is 4.10. The molecule has 21 heavy (non-hydrogen) atoms. The number of hydrogen-bond donors (Lipinski definition) is 2. The first-order chi connectivity index (χ1) is 10.3. The Hall–Kier alpha value is -1.74. The number of hydrogen-bond acceptors (Lipinski definition) is 4. The van der Waals surface area contributed by atoms with Crippen molar-refractivity contribution in [1.29, 1.82) is 0 Å². The van der Waals surface area contributed by atoms with Gasteiger partial charge >= 0.3 is 0 Å². The Morgan fingerprint density at radius 1 is 1.38 bits per heavy atom. The number of aliphatic hydroxyl groups excluding tert-OH is 1. The predicted octanol–water partition coefficient (Wildman–Crippen LogP) is 2.74. The number of nitrogens with one attached hydrogen (secondary N) is 1.